The van der Waals surface area contributed by atoms with Gasteiger partial charge in [-0.2, -0.15) is 0 Å². The second kappa shape index (κ2) is 4.99. The zero-order valence-corrected chi connectivity index (χ0v) is 10.4. The SMILES string of the molecule is CC(O)CS(=O)(=O)c1cc([N+](=O)[O-])ccc1Cl. The van der Waals surface area contributed by atoms with Gasteiger partial charge >= 0.3 is 0 Å². The van der Waals surface area contributed by atoms with Crippen molar-refractivity contribution >= 4 is 27.1 Å². The number of sulfone groups is 1. The maximum Gasteiger partial charge on any atom is 0.270 e. The molecule has 1 rings (SSSR count). The summed E-state index contributed by atoms with van der Waals surface area (Å²) in [6.45, 7) is 1.31. The fourth-order valence-electron chi connectivity index (χ4n) is 1.25. The minimum Gasteiger partial charge on any atom is -0.392 e. The molecule has 6 nitrogen and oxygen atoms in total. The Morgan fingerprint density at radius 2 is 2.12 bits per heavy atom. The van der Waals surface area contributed by atoms with Crippen molar-refractivity contribution in [2.24, 2.45) is 0 Å². The van der Waals surface area contributed by atoms with Crippen LogP contribution < -0.4 is 0 Å². The molecule has 0 aliphatic heterocycles. The summed E-state index contributed by atoms with van der Waals surface area (Å²) in [7, 11) is -3.83. The normalized spacial score (nSPS) is 13.4. The highest BCUT2D eigenvalue weighted by molar-refractivity contribution is 7.91. The Hall–Kier alpha value is -1.18. The van der Waals surface area contributed by atoms with Gasteiger partial charge in [0.15, 0.2) is 9.84 Å². The second-order valence-corrected chi connectivity index (χ2v) is 5.91. The molecule has 0 saturated heterocycles. The number of aliphatic hydroxyl groups is 1. The number of rotatable bonds is 4. The number of non-ortho nitro benzene ring substituents is 1. The monoisotopic (exact) mass is 279 g/mol. The largest absolute Gasteiger partial charge is 0.392 e. The first-order valence-corrected chi connectivity index (χ1v) is 6.62. The molecular formula is C9H10ClNO5S. The van der Waals surface area contributed by atoms with Crippen molar-refractivity contribution < 1.29 is 18.4 Å². The van der Waals surface area contributed by atoms with E-state index >= 15 is 0 Å². The van der Waals surface area contributed by atoms with E-state index in [2.05, 4.69) is 0 Å². The van der Waals surface area contributed by atoms with E-state index in [1.54, 1.807) is 0 Å². The van der Waals surface area contributed by atoms with Crippen molar-refractivity contribution in [2.45, 2.75) is 17.9 Å². The molecule has 1 aromatic rings. The summed E-state index contributed by atoms with van der Waals surface area (Å²) in [4.78, 5) is 9.48. The van der Waals surface area contributed by atoms with Gasteiger partial charge in [-0.3, -0.25) is 10.1 Å². The third-order valence-corrected chi connectivity index (χ3v) is 4.29. The first kappa shape index (κ1) is 13.9. The minimum atomic E-state index is -3.83. The molecule has 0 fully saturated rings. The summed E-state index contributed by atoms with van der Waals surface area (Å²) in [5, 5.41) is 19.5. The third kappa shape index (κ3) is 3.39. The zero-order chi connectivity index (χ0) is 13.2. The van der Waals surface area contributed by atoms with Gasteiger partial charge in [-0.05, 0) is 13.0 Å². The Bertz CT molecular complexity index is 540. The first-order chi connectivity index (χ1) is 7.74. The summed E-state index contributed by atoms with van der Waals surface area (Å²) in [6, 6.07) is 3.15. The highest BCUT2D eigenvalue weighted by Crippen LogP contribution is 2.27. The number of hydrogen-bond donors (Lipinski definition) is 1. The van der Waals surface area contributed by atoms with Gasteiger partial charge in [0.2, 0.25) is 0 Å². The Balaban J connectivity index is 3.30. The molecule has 0 aliphatic carbocycles. The summed E-state index contributed by atoms with van der Waals surface area (Å²) in [6.07, 6.45) is -1.07. The lowest BCUT2D eigenvalue weighted by Crippen LogP contribution is -2.18. The number of nitro benzene ring substituents is 1. The van der Waals surface area contributed by atoms with Gasteiger partial charge in [-0.1, -0.05) is 11.6 Å². The molecule has 1 aromatic carbocycles. The van der Waals surface area contributed by atoms with Crippen LogP contribution in [0.5, 0.6) is 0 Å². The van der Waals surface area contributed by atoms with E-state index in [0.29, 0.717) is 0 Å². The maximum absolute atomic E-state index is 11.8. The lowest BCUT2D eigenvalue weighted by atomic mass is 10.3. The Kier molecular flexibility index (Phi) is 4.07. The van der Waals surface area contributed by atoms with E-state index in [9.17, 15) is 18.5 Å². The number of nitrogens with zero attached hydrogens (tertiary/aromatic N) is 1. The fourth-order valence-corrected chi connectivity index (χ4v) is 3.20. The summed E-state index contributed by atoms with van der Waals surface area (Å²) >= 11 is 5.69. The third-order valence-electron chi connectivity index (χ3n) is 1.92. The molecule has 0 bridgehead atoms. The molecule has 1 atom stereocenters. The van der Waals surface area contributed by atoms with Gasteiger partial charge in [0, 0.05) is 12.1 Å². The quantitative estimate of drug-likeness (QED) is 0.664. The zero-order valence-electron chi connectivity index (χ0n) is 8.83. The lowest BCUT2D eigenvalue weighted by Gasteiger charge is -2.07. The Labute approximate surface area is 103 Å². The average Bonchev–Trinajstić information content (AvgIpc) is 2.15. The van der Waals surface area contributed by atoms with Crippen LogP contribution >= 0.6 is 11.6 Å². The van der Waals surface area contributed by atoms with Crippen molar-refractivity contribution in [2.75, 3.05) is 5.75 Å². The van der Waals surface area contributed by atoms with Crippen LogP contribution in [-0.4, -0.2) is 30.3 Å². The van der Waals surface area contributed by atoms with Crippen LogP contribution in [-0.2, 0) is 9.84 Å². The van der Waals surface area contributed by atoms with E-state index in [1.165, 1.54) is 6.92 Å². The summed E-state index contributed by atoms with van der Waals surface area (Å²) in [5.74, 6) is -0.534. The van der Waals surface area contributed by atoms with Crippen molar-refractivity contribution in [3.05, 3.63) is 33.3 Å². The molecular weight excluding hydrogens is 270 g/mol. The molecule has 0 heterocycles. The molecule has 1 N–H and O–H groups in total. The second-order valence-electron chi connectivity index (χ2n) is 3.50. The Morgan fingerprint density at radius 1 is 1.53 bits per heavy atom. The molecule has 0 aliphatic rings. The number of hydrogen-bond acceptors (Lipinski definition) is 5. The molecule has 0 spiro atoms. The van der Waals surface area contributed by atoms with Crippen LogP contribution in [0.15, 0.2) is 23.1 Å². The van der Waals surface area contributed by atoms with Crippen LogP contribution in [0.1, 0.15) is 6.92 Å². The van der Waals surface area contributed by atoms with Gasteiger partial charge in [-0.15, -0.1) is 0 Å². The summed E-state index contributed by atoms with van der Waals surface area (Å²) < 4.78 is 23.5. The standard InChI is InChI=1S/C9H10ClNO5S/c1-6(12)5-17(15,16)9-4-7(11(13)14)2-3-8(9)10/h2-4,6,12H,5H2,1H3. The van der Waals surface area contributed by atoms with E-state index < -0.39 is 26.6 Å². The topological polar surface area (TPSA) is 97.5 Å². The van der Waals surface area contributed by atoms with Crippen molar-refractivity contribution in [3.63, 3.8) is 0 Å². The van der Waals surface area contributed by atoms with Gasteiger partial charge in [0.05, 0.1) is 26.7 Å². The average molecular weight is 280 g/mol. The molecule has 0 aromatic heterocycles. The smallest absolute Gasteiger partial charge is 0.270 e. The van der Waals surface area contributed by atoms with Crippen LogP contribution in [0.25, 0.3) is 0 Å². The van der Waals surface area contributed by atoms with Crippen LogP contribution in [0.4, 0.5) is 5.69 Å². The van der Waals surface area contributed by atoms with Crippen LogP contribution in [0.3, 0.4) is 0 Å². The molecule has 17 heavy (non-hydrogen) atoms. The van der Waals surface area contributed by atoms with Crippen LogP contribution in [0.2, 0.25) is 5.02 Å². The van der Waals surface area contributed by atoms with E-state index in [0.717, 1.165) is 18.2 Å². The summed E-state index contributed by atoms with van der Waals surface area (Å²) in [5.41, 5.74) is -0.362. The molecule has 1 unspecified atom stereocenters. The number of nitro groups is 1. The van der Waals surface area contributed by atoms with E-state index in [-0.39, 0.29) is 15.6 Å². The minimum absolute atomic E-state index is 0.101. The van der Waals surface area contributed by atoms with Crippen molar-refractivity contribution in [1.82, 2.24) is 0 Å². The maximum atomic E-state index is 11.8. The van der Waals surface area contributed by atoms with Crippen LogP contribution in [0, 0.1) is 10.1 Å². The van der Waals surface area contributed by atoms with Gasteiger partial charge < -0.3 is 5.11 Å². The molecule has 0 amide bonds. The van der Waals surface area contributed by atoms with Gasteiger partial charge in [0.1, 0.15) is 0 Å². The fraction of sp³-hybridized carbons (Fsp3) is 0.333. The van der Waals surface area contributed by atoms with Crippen molar-refractivity contribution in [1.29, 1.82) is 0 Å². The van der Waals surface area contributed by atoms with E-state index in [1.807, 2.05) is 0 Å². The van der Waals surface area contributed by atoms with Gasteiger partial charge in [0.25, 0.3) is 5.69 Å². The molecule has 0 radical (unpaired) electrons. The number of benzene rings is 1. The molecule has 0 saturated carbocycles. The van der Waals surface area contributed by atoms with E-state index in [4.69, 9.17) is 16.7 Å². The highest BCUT2D eigenvalue weighted by atomic mass is 35.5. The Morgan fingerprint density at radius 3 is 2.59 bits per heavy atom. The predicted octanol–water partition coefficient (Wildman–Crippen LogP) is 1.40. The lowest BCUT2D eigenvalue weighted by molar-refractivity contribution is -0.385. The molecule has 8 heteroatoms. The van der Waals surface area contributed by atoms with Gasteiger partial charge in [-0.25, -0.2) is 8.42 Å². The molecule has 94 valence electrons. The predicted molar refractivity (Wildman–Crippen MR) is 61.8 cm³/mol. The number of aliphatic hydroxyl groups excluding tert-OH is 1. The first-order valence-electron chi connectivity index (χ1n) is 4.59. The number of halogens is 1. The van der Waals surface area contributed by atoms with Crippen molar-refractivity contribution in [3.8, 4) is 0 Å². The highest BCUT2D eigenvalue weighted by Gasteiger charge is 2.23.